The Bertz CT molecular complexity index is 1580. The SMILES string of the molecule is CC(C)=CCOc1cc2oc(=O)ccc2cc1O.CC(NCCC(c1ccccc1)c1ccccc1)c1ccccc1.Cl. The van der Waals surface area contributed by atoms with Crippen molar-refractivity contribution in [2.75, 3.05) is 13.2 Å². The fourth-order valence-corrected chi connectivity index (χ4v) is 4.70. The molecule has 0 aliphatic carbocycles. The highest BCUT2D eigenvalue weighted by atomic mass is 35.5. The normalized spacial score (nSPS) is 11.2. The van der Waals surface area contributed by atoms with Crippen LogP contribution in [0.15, 0.2) is 136 Å². The first-order valence-electron chi connectivity index (χ1n) is 14.3. The number of aromatic hydroxyl groups is 1. The molecule has 0 amide bonds. The van der Waals surface area contributed by atoms with Gasteiger partial charge in [0.15, 0.2) is 11.5 Å². The van der Waals surface area contributed by atoms with Crippen LogP contribution >= 0.6 is 12.4 Å². The fraction of sp³-hybridized carbons (Fsp3) is 0.216. The second-order valence-corrected chi connectivity index (χ2v) is 10.5. The molecule has 0 bridgehead atoms. The van der Waals surface area contributed by atoms with Gasteiger partial charge in [-0.15, -0.1) is 12.4 Å². The van der Waals surface area contributed by atoms with Crippen molar-refractivity contribution in [3.8, 4) is 11.5 Å². The zero-order valence-corrected chi connectivity index (χ0v) is 25.7. The summed E-state index contributed by atoms with van der Waals surface area (Å²) < 4.78 is 10.4. The molecule has 43 heavy (non-hydrogen) atoms. The van der Waals surface area contributed by atoms with Crippen LogP contribution in [-0.4, -0.2) is 18.3 Å². The summed E-state index contributed by atoms with van der Waals surface area (Å²) in [6.07, 6.45) is 2.98. The summed E-state index contributed by atoms with van der Waals surface area (Å²) >= 11 is 0. The van der Waals surface area contributed by atoms with Crippen LogP contribution in [-0.2, 0) is 0 Å². The van der Waals surface area contributed by atoms with Crippen molar-refractivity contribution in [3.63, 3.8) is 0 Å². The number of halogens is 1. The number of allylic oxidation sites excluding steroid dienone is 1. The standard InChI is InChI=1S/C23H25N.C14H14O4.ClH/c1-19(20-11-5-2-6-12-20)24-18-17-23(21-13-7-3-8-14-21)22-15-9-4-10-16-22;1-9(2)5-6-17-13-8-12-10(7-11(13)15)3-4-14(16)18-12;/h2-16,19,23-24H,17-18H2,1H3;3-5,7-8,15H,6H2,1-2H3;1H. The Kier molecular flexibility index (Phi) is 13.1. The maximum atomic E-state index is 11.1. The molecule has 1 aromatic heterocycles. The minimum atomic E-state index is -0.427. The molecule has 5 nitrogen and oxygen atoms in total. The number of hydrogen-bond acceptors (Lipinski definition) is 5. The second kappa shape index (κ2) is 17.0. The molecule has 2 N–H and O–H groups in total. The number of phenolic OH excluding ortho intramolecular Hbond substituents is 1. The zero-order valence-electron chi connectivity index (χ0n) is 24.9. The molecular formula is C37H40ClNO4. The molecule has 0 fully saturated rings. The Morgan fingerprint density at radius 2 is 1.40 bits per heavy atom. The number of benzene rings is 4. The summed E-state index contributed by atoms with van der Waals surface area (Å²) in [6.45, 7) is 7.50. The highest BCUT2D eigenvalue weighted by molar-refractivity contribution is 5.85. The van der Waals surface area contributed by atoms with E-state index in [1.165, 1.54) is 34.9 Å². The molecule has 5 rings (SSSR count). The lowest BCUT2D eigenvalue weighted by Crippen LogP contribution is -2.21. The molecule has 1 unspecified atom stereocenters. The molecule has 0 aliphatic rings. The lowest BCUT2D eigenvalue weighted by molar-refractivity contribution is 0.335. The van der Waals surface area contributed by atoms with E-state index in [2.05, 4.69) is 103 Å². The van der Waals surface area contributed by atoms with Gasteiger partial charge < -0.3 is 19.6 Å². The van der Waals surface area contributed by atoms with Crippen LogP contribution in [0, 0.1) is 0 Å². The fourth-order valence-electron chi connectivity index (χ4n) is 4.70. The molecule has 0 saturated heterocycles. The predicted octanol–water partition coefficient (Wildman–Crippen LogP) is 8.82. The Balaban J connectivity index is 0.000000239. The third kappa shape index (κ3) is 10.2. The molecular weight excluding hydrogens is 558 g/mol. The number of phenols is 1. The van der Waals surface area contributed by atoms with Crippen LogP contribution in [0.25, 0.3) is 11.0 Å². The van der Waals surface area contributed by atoms with Crippen LogP contribution in [0.4, 0.5) is 0 Å². The molecule has 0 radical (unpaired) electrons. The molecule has 0 spiro atoms. The van der Waals surface area contributed by atoms with Crippen molar-refractivity contribution in [3.05, 3.63) is 154 Å². The van der Waals surface area contributed by atoms with Gasteiger partial charge in [-0.1, -0.05) is 96.6 Å². The maximum Gasteiger partial charge on any atom is 0.336 e. The van der Waals surface area contributed by atoms with E-state index in [4.69, 9.17) is 9.15 Å². The highest BCUT2D eigenvalue weighted by Gasteiger charge is 2.14. The zero-order chi connectivity index (χ0) is 29.7. The van der Waals surface area contributed by atoms with E-state index in [9.17, 15) is 9.90 Å². The number of nitrogens with one attached hydrogen (secondary N) is 1. The van der Waals surface area contributed by atoms with E-state index in [0.717, 1.165) is 18.5 Å². The summed E-state index contributed by atoms with van der Waals surface area (Å²) in [4.78, 5) is 11.1. The minimum absolute atomic E-state index is 0. The molecule has 4 aromatic carbocycles. The monoisotopic (exact) mass is 597 g/mol. The summed E-state index contributed by atoms with van der Waals surface area (Å²) in [5.41, 5.74) is 5.21. The highest BCUT2D eigenvalue weighted by Crippen LogP contribution is 2.31. The third-order valence-electron chi connectivity index (χ3n) is 7.02. The number of ether oxygens (including phenoxy) is 1. The molecule has 0 saturated carbocycles. The van der Waals surface area contributed by atoms with Crippen molar-refractivity contribution in [1.29, 1.82) is 0 Å². The summed E-state index contributed by atoms with van der Waals surface area (Å²) in [7, 11) is 0. The largest absolute Gasteiger partial charge is 0.504 e. The maximum absolute atomic E-state index is 11.1. The van der Waals surface area contributed by atoms with E-state index >= 15 is 0 Å². The lowest BCUT2D eigenvalue weighted by atomic mass is 9.88. The molecule has 224 valence electrons. The topological polar surface area (TPSA) is 71.7 Å². The summed E-state index contributed by atoms with van der Waals surface area (Å²) in [6, 6.07) is 38.6. The summed E-state index contributed by atoms with van der Waals surface area (Å²) in [5.74, 6) is 0.760. The van der Waals surface area contributed by atoms with Crippen molar-refractivity contribution in [1.82, 2.24) is 5.32 Å². The Hall–Kier alpha value is -4.32. The van der Waals surface area contributed by atoms with Gasteiger partial charge in [-0.2, -0.15) is 0 Å². The van der Waals surface area contributed by atoms with E-state index in [1.54, 1.807) is 6.07 Å². The predicted molar refractivity (Wildman–Crippen MR) is 179 cm³/mol. The lowest BCUT2D eigenvalue weighted by Gasteiger charge is -2.20. The van der Waals surface area contributed by atoms with E-state index in [-0.39, 0.29) is 18.2 Å². The van der Waals surface area contributed by atoms with Gasteiger partial charge in [0.05, 0.1) is 0 Å². The Morgan fingerprint density at radius 1 is 0.837 bits per heavy atom. The van der Waals surface area contributed by atoms with Crippen molar-refractivity contribution < 1.29 is 14.3 Å². The summed E-state index contributed by atoms with van der Waals surface area (Å²) in [5, 5.41) is 14.1. The van der Waals surface area contributed by atoms with Gasteiger partial charge in [0.1, 0.15) is 12.2 Å². The van der Waals surface area contributed by atoms with Crippen LogP contribution in [0.2, 0.25) is 0 Å². The number of rotatable bonds is 10. The quantitative estimate of drug-likeness (QED) is 0.124. The van der Waals surface area contributed by atoms with Gasteiger partial charge in [-0.05, 0) is 68.6 Å². The average molecular weight is 598 g/mol. The van der Waals surface area contributed by atoms with Gasteiger partial charge in [0, 0.05) is 29.5 Å². The molecule has 6 heteroatoms. The Labute approximate surface area is 260 Å². The van der Waals surface area contributed by atoms with E-state index in [0.29, 0.717) is 35.3 Å². The van der Waals surface area contributed by atoms with Gasteiger partial charge in [-0.25, -0.2) is 4.79 Å². The number of fused-ring (bicyclic) bond motifs is 1. The van der Waals surface area contributed by atoms with Crippen LogP contribution < -0.4 is 15.7 Å². The first-order chi connectivity index (χ1) is 20.4. The van der Waals surface area contributed by atoms with Crippen molar-refractivity contribution in [2.24, 2.45) is 0 Å². The van der Waals surface area contributed by atoms with Gasteiger partial charge in [0.25, 0.3) is 0 Å². The Morgan fingerprint density at radius 3 is 1.95 bits per heavy atom. The first-order valence-corrected chi connectivity index (χ1v) is 14.3. The molecule has 1 heterocycles. The smallest absolute Gasteiger partial charge is 0.336 e. The first kappa shape index (κ1) is 33.2. The molecule has 5 aromatic rings. The molecule has 1 atom stereocenters. The van der Waals surface area contributed by atoms with Gasteiger partial charge in [-0.3, -0.25) is 0 Å². The van der Waals surface area contributed by atoms with Gasteiger partial charge in [0.2, 0.25) is 0 Å². The van der Waals surface area contributed by atoms with E-state index in [1.807, 2.05) is 19.9 Å². The van der Waals surface area contributed by atoms with Crippen molar-refractivity contribution >= 4 is 23.4 Å². The van der Waals surface area contributed by atoms with Crippen LogP contribution in [0.3, 0.4) is 0 Å². The second-order valence-electron chi connectivity index (χ2n) is 10.5. The van der Waals surface area contributed by atoms with Crippen LogP contribution in [0.5, 0.6) is 11.5 Å². The van der Waals surface area contributed by atoms with Gasteiger partial charge >= 0.3 is 5.63 Å². The van der Waals surface area contributed by atoms with Crippen molar-refractivity contribution in [2.45, 2.75) is 39.2 Å². The average Bonchev–Trinajstić information content (AvgIpc) is 3.01. The number of hydrogen-bond donors (Lipinski definition) is 2. The minimum Gasteiger partial charge on any atom is -0.504 e. The molecule has 0 aliphatic heterocycles. The van der Waals surface area contributed by atoms with E-state index < -0.39 is 5.63 Å². The van der Waals surface area contributed by atoms with Crippen LogP contribution in [0.1, 0.15) is 55.8 Å². The third-order valence-corrected chi connectivity index (χ3v) is 7.02.